The van der Waals surface area contributed by atoms with Gasteiger partial charge in [0.05, 0.1) is 32.5 Å². The molecule has 0 bridgehead atoms. The van der Waals surface area contributed by atoms with Gasteiger partial charge in [0, 0.05) is 30.6 Å². The van der Waals surface area contributed by atoms with Crippen LogP contribution in [0.4, 0.5) is 27.9 Å². The summed E-state index contributed by atoms with van der Waals surface area (Å²) in [7, 11) is 4.68. The molecule has 0 spiro atoms. The summed E-state index contributed by atoms with van der Waals surface area (Å²) in [4.78, 5) is 26.0. The van der Waals surface area contributed by atoms with Crippen molar-refractivity contribution in [2.24, 2.45) is 0 Å². The molecule has 1 aliphatic rings. The number of amides is 2. The van der Waals surface area contributed by atoms with Gasteiger partial charge in [0.15, 0.2) is 0 Å². The number of nitrogens with two attached hydrogens (primary N) is 1. The number of nitrogens with one attached hydrogen (secondary N) is 1. The van der Waals surface area contributed by atoms with Crippen LogP contribution in [-0.2, 0) is 6.54 Å². The number of methoxy groups -OCH3 is 2. The van der Waals surface area contributed by atoms with Crippen LogP contribution in [0.15, 0.2) is 36.5 Å². The topological polar surface area (TPSA) is 106 Å². The van der Waals surface area contributed by atoms with Gasteiger partial charge >= 0.3 is 6.03 Å². The smallest absolute Gasteiger partial charge is 0.331 e. The third kappa shape index (κ3) is 4.01. The summed E-state index contributed by atoms with van der Waals surface area (Å²) in [6.07, 6.45) is 1.68. The van der Waals surface area contributed by atoms with Gasteiger partial charge in [-0.3, -0.25) is 9.80 Å². The Hall–Kier alpha value is -3.43. The largest absolute Gasteiger partial charge is 0.495 e. The minimum atomic E-state index is -0.390. The van der Waals surface area contributed by atoms with Crippen molar-refractivity contribution in [3.05, 3.63) is 57.7 Å². The van der Waals surface area contributed by atoms with Crippen molar-refractivity contribution in [1.82, 2.24) is 9.97 Å². The molecule has 2 amide bonds. The second-order valence-corrected chi connectivity index (χ2v) is 8.39. The predicted octanol–water partition coefficient (Wildman–Crippen LogP) is 5.13. The Labute approximate surface area is 207 Å². The molecule has 11 heteroatoms. The molecule has 178 valence electrons. The number of benzene rings is 2. The van der Waals surface area contributed by atoms with Crippen molar-refractivity contribution >= 4 is 52.4 Å². The lowest BCUT2D eigenvalue weighted by atomic mass is 10.0. The van der Waals surface area contributed by atoms with Gasteiger partial charge in [-0.2, -0.15) is 4.98 Å². The highest BCUT2D eigenvalue weighted by Gasteiger charge is 2.39. The van der Waals surface area contributed by atoms with Crippen molar-refractivity contribution in [3.63, 3.8) is 0 Å². The third-order valence-electron chi connectivity index (χ3n) is 5.69. The van der Waals surface area contributed by atoms with E-state index in [-0.39, 0.29) is 34.4 Å². The molecule has 1 aromatic heterocycles. The first-order valence-electron chi connectivity index (χ1n) is 10.4. The lowest BCUT2D eigenvalue weighted by Gasteiger charge is -2.40. The molecule has 1 aliphatic heterocycles. The molecule has 1 unspecified atom stereocenters. The number of rotatable bonds is 6. The monoisotopic (exact) mass is 502 g/mol. The molecule has 0 fully saturated rings. The van der Waals surface area contributed by atoms with E-state index >= 15 is 0 Å². The number of aromatic nitrogens is 2. The standard InChI is InChI=1S/C23H24Cl2N6O3/c1-12(13-5-7-15(26)8-6-13)31-21-14(10-28-22(27-2)29-21)11-30(23(31)32)20-18(24)16(33-3)9-17(34-4)19(20)25/h5-10,12H,11,26H2,1-4H3,(H,27,28,29). The summed E-state index contributed by atoms with van der Waals surface area (Å²) in [5.74, 6) is 1.55. The van der Waals surface area contributed by atoms with Gasteiger partial charge in [0.2, 0.25) is 5.95 Å². The van der Waals surface area contributed by atoms with E-state index < -0.39 is 0 Å². The van der Waals surface area contributed by atoms with Crippen molar-refractivity contribution in [3.8, 4) is 11.5 Å². The summed E-state index contributed by atoms with van der Waals surface area (Å²) >= 11 is 13.3. The highest BCUT2D eigenvalue weighted by molar-refractivity contribution is 6.42. The van der Waals surface area contributed by atoms with Gasteiger partial charge in [-0.1, -0.05) is 35.3 Å². The molecule has 0 radical (unpaired) electrons. The fraction of sp³-hybridized carbons (Fsp3) is 0.261. The summed E-state index contributed by atoms with van der Waals surface area (Å²) in [6, 6.07) is 8.16. The molecule has 4 rings (SSSR count). The lowest BCUT2D eigenvalue weighted by Crippen LogP contribution is -2.49. The van der Waals surface area contributed by atoms with Gasteiger partial charge in [-0.05, 0) is 24.6 Å². The Balaban J connectivity index is 1.90. The second-order valence-electron chi connectivity index (χ2n) is 7.63. The van der Waals surface area contributed by atoms with Crippen LogP contribution in [0.3, 0.4) is 0 Å². The van der Waals surface area contributed by atoms with Crippen LogP contribution in [0, 0.1) is 0 Å². The van der Waals surface area contributed by atoms with E-state index in [1.165, 1.54) is 19.1 Å². The normalized spacial score (nSPS) is 14.0. The van der Waals surface area contributed by atoms with Gasteiger partial charge in [0.25, 0.3) is 0 Å². The highest BCUT2D eigenvalue weighted by Crippen LogP contribution is 2.48. The van der Waals surface area contributed by atoms with Crippen LogP contribution in [0.5, 0.6) is 11.5 Å². The second kappa shape index (κ2) is 9.44. The van der Waals surface area contributed by atoms with Crippen LogP contribution in [0.2, 0.25) is 10.0 Å². The number of nitrogen functional groups attached to an aromatic ring is 1. The van der Waals surface area contributed by atoms with E-state index in [4.69, 9.17) is 38.4 Å². The number of anilines is 4. The number of urea groups is 1. The van der Waals surface area contributed by atoms with Gasteiger partial charge in [-0.25, -0.2) is 9.78 Å². The van der Waals surface area contributed by atoms with Crippen molar-refractivity contribution in [2.75, 3.05) is 42.1 Å². The number of ether oxygens (including phenoxy) is 2. The summed E-state index contributed by atoms with van der Waals surface area (Å²) in [5, 5.41) is 3.31. The first kappa shape index (κ1) is 23.7. The molecule has 0 aliphatic carbocycles. The van der Waals surface area contributed by atoms with Crippen LogP contribution in [-0.4, -0.2) is 37.3 Å². The minimum Gasteiger partial charge on any atom is -0.495 e. The average Bonchev–Trinajstić information content (AvgIpc) is 2.84. The molecule has 34 heavy (non-hydrogen) atoms. The summed E-state index contributed by atoms with van der Waals surface area (Å²) in [5.41, 5.74) is 8.36. The molecular weight excluding hydrogens is 479 g/mol. The fourth-order valence-electron chi connectivity index (χ4n) is 3.85. The van der Waals surface area contributed by atoms with Gasteiger partial charge in [0.1, 0.15) is 27.4 Å². The number of hydrogen-bond donors (Lipinski definition) is 2. The Morgan fingerprint density at radius 1 is 1.12 bits per heavy atom. The maximum Gasteiger partial charge on any atom is 0.331 e. The van der Waals surface area contributed by atoms with Crippen molar-refractivity contribution in [2.45, 2.75) is 19.5 Å². The number of fused-ring (bicyclic) bond motifs is 1. The molecule has 9 nitrogen and oxygen atoms in total. The summed E-state index contributed by atoms with van der Waals surface area (Å²) in [6.45, 7) is 2.06. The Morgan fingerprint density at radius 2 is 1.74 bits per heavy atom. The van der Waals surface area contributed by atoms with Crippen molar-refractivity contribution in [1.29, 1.82) is 0 Å². The van der Waals surface area contributed by atoms with Crippen molar-refractivity contribution < 1.29 is 14.3 Å². The molecule has 1 atom stereocenters. The molecule has 2 heterocycles. The molecular formula is C23H24Cl2N6O3. The molecule has 0 saturated carbocycles. The maximum atomic E-state index is 14.0. The van der Waals surface area contributed by atoms with Crippen LogP contribution < -0.4 is 30.3 Å². The molecule has 3 N–H and O–H groups in total. The SMILES string of the molecule is CNc1ncc2c(n1)N(C(C)c1ccc(N)cc1)C(=O)N(c1c(Cl)c(OC)cc(OC)c1Cl)C2. The van der Waals surface area contributed by atoms with Gasteiger partial charge in [-0.15, -0.1) is 0 Å². The maximum absolute atomic E-state index is 14.0. The zero-order chi connectivity index (χ0) is 24.6. The number of halogens is 2. The van der Waals surface area contributed by atoms with Crippen LogP contribution in [0.25, 0.3) is 0 Å². The number of carbonyl (C=O) groups is 1. The van der Waals surface area contributed by atoms with Crippen LogP contribution >= 0.6 is 23.2 Å². The zero-order valence-corrected chi connectivity index (χ0v) is 20.6. The minimum absolute atomic E-state index is 0.152. The quantitative estimate of drug-likeness (QED) is 0.449. The molecule has 3 aromatic rings. The van der Waals surface area contributed by atoms with Gasteiger partial charge < -0.3 is 20.5 Å². The van der Waals surface area contributed by atoms with E-state index in [0.29, 0.717) is 29.0 Å². The predicted molar refractivity (Wildman–Crippen MR) is 134 cm³/mol. The summed E-state index contributed by atoms with van der Waals surface area (Å²) < 4.78 is 10.8. The molecule has 2 aromatic carbocycles. The lowest BCUT2D eigenvalue weighted by molar-refractivity contribution is 0.248. The third-order valence-corrected chi connectivity index (χ3v) is 6.42. The Morgan fingerprint density at radius 3 is 2.29 bits per heavy atom. The zero-order valence-electron chi connectivity index (χ0n) is 19.1. The van der Waals surface area contributed by atoms with E-state index in [0.717, 1.165) is 11.1 Å². The van der Waals surface area contributed by atoms with E-state index in [9.17, 15) is 4.79 Å². The van der Waals surface area contributed by atoms with E-state index in [1.807, 2.05) is 19.1 Å². The Kier molecular flexibility index (Phi) is 6.58. The van der Waals surface area contributed by atoms with Crippen LogP contribution in [0.1, 0.15) is 24.1 Å². The highest BCUT2D eigenvalue weighted by atomic mass is 35.5. The first-order valence-corrected chi connectivity index (χ1v) is 11.2. The number of hydrogen-bond acceptors (Lipinski definition) is 7. The first-order chi connectivity index (χ1) is 16.3. The Bertz CT molecular complexity index is 1210. The number of nitrogens with zero attached hydrogens (tertiary/aromatic N) is 4. The molecule has 0 saturated heterocycles. The van der Waals surface area contributed by atoms with E-state index in [1.54, 1.807) is 36.3 Å². The average molecular weight is 503 g/mol. The fourth-order valence-corrected chi connectivity index (χ4v) is 4.56. The number of carbonyl (C=O) groups excluding carboxylic acids is 1. The van der Waals surface area contributed by atoms with E-state index in [2.05, 4.69) is 15.3 Å².